The molecule has 1 saturated heterocycles. The van der Waals surface area contributed by atoms with Gasteiger partial charge in [-0.1, -0.05) is 19.1 Å². The number of hydrogen-bond donors (Lipinski definition) is 2. The van der Waals surface area contributed by atoms with E-state index in [2.05, 4.69) is 47.4 Å². The van der Waals surface area contributed by atoms with Gasteiger partial charge in [-0.2, -0.15) is 0 Å². The van der Waals surface area contributed by atoms with E-state index in [1.54, 1.807) is 18.3 Å². The minimum Gasteiger partial charge on any atom is -0.439 e. The summed E-state index contributed by atoms with van der Waals surface area (Å²) in [5, 5.41) is 5.91. The summed E-state index contributed by atoms with van der Waals surface area (Å²) in [6.45, 7) is 8.57. The second-order valence-electron chi connectivity index (χ2n) is 7.49. The van der Waals surface area contributed by atoms with Crippen LogP contribution in [-0.4, -0.2) is 41.1 Å². The Morgan fingerprint density at radius 1 is 1.25 bits per heavy atom. The first-order valence-corrected chi connectivity index (χ1v) is 10.1. The van der Waals surface area contributed by atoms with E-state index < -0.39 is 0 Å². The molecule has 0 bridgehead atoms. The maximum atomic E-state index is 12.2. The molecule has 0 unspecified atom stereocenters. The number of nitrogens with zero attached hydrogens (tertiary/aromatic N) is 2. The number of ether oxygens (including phenoxy) is 1. The highest BCUT2D eigenvalue weighted by Gasteiger charge is 2.22. The maximum absolute atomic E-state index is 12.2. The number of pyridine rings is 1. The van der Waals surface area contributed by atoms with Crippen LogP contribution in [0, 0.1) is 0 Å². The van der Waals surface area contributed by atoms with E-state index in [4.69, 9.17) is 4.74 Å². The first-order valence-electron chi connectivity index (χ1n) is 10.1. The Balaban J connectivity index is 1.48. The SMILES string of the molecule is CCc1cccc(Oc2ccc(NC(=O)NC3CCN(C(C)C)CC3)cn2)c1. The van der Waals surface area contributed by atoms with Gasteiger partial charge in [0.05, 0.1) is 11.9 Å². The highest BCUT2D eigenvalue weighted by Crippen LogP contribution is 2.22. The van der Waals surface area contributed by atoms with E-state index in [9.17, 15) is 4.79 Å². The van der Waals surface area contributed by atoms with Crippen molar-refractivity contribution in [1.82, 2.24) is 15.2 Å². The quantitative estimate of drug-likeness (QED) is 0.776. The summed E-state index contributed by atoms with van der Waals surface area (Å²) in [6.07, 6.45) is 4.53. The third kappa shape index (κ3) is 5.70. The molecule has 0 spiro atoms. The van der Waals surface area contributed by atoms with Gasteiger partial charge in [-0.3, -0.25) is 0 Å². The van der Waals surface area contributed by atoms with Gasteiger partial charge in [-0.15, -0.1) is 0 Å². The number of rotatable bonds is 6. The van der Waals surface area contributed by atoms with Crippen molar-refractivity contribution in [3.8, 4) is 11.6 Å². The molecule has 6 heteroatoms. The standard InChI is InChI=1S/C22H30N4O2/c1-4-17-6-5-7-20(14-17)28-21-9-8-19(15-23-21)25-22(27)24-18-10-12-26(13-11-18)16(2)3/h5-9,14-16,18H,4,10-13H2,1-3H3,(H2,24,25,27). The number of likely N-dealkylation sites (tertiary alicyclic amines) is 1. The fraction of sp³-hybridized carbons (Fsp3) is 0.455. The number of amides is 2. The topological polar surface area (TPSA) is 66.5 Å². The molecule has 3 rings (SSSR count). The minimum atomic E-state index is -0.186. The summed E-state index contributed by atoms with van der Waals surface area (Å²) in [5.74, 6) is 1.26. The molecule has 1 fully saturated rings. The lowest BCUT2D eigenvalue weighted by Crippen LogP contribution is -2.47. The molecule has 6 nitrogen and oxygen atoms in total. The van der Waals surface area contributed by atoms with Crippen molar-refractivity contribution in [1.29, 1.82) is 0 Å². The van der Waals surface area contributed by atoms with Crippen LogP contribution in [-0.2, 0) is 6.42 Å². The molecule has 0 radical (unpaired) electrons. The van der Waals surface area contributed by atoms with Crippen LogP contribution in [0.1, 0.15) is 39.2 Å². The van der Waals surface area contributed by atoms with Crippen LogP contribution in [0.4, 0.5) is 10.5 Å². The summed E-state index contributed by atoms with van der Waals surface area (Å²) in [6, 6.07) is 12.1. The van der Waals surface area contributed by atoms with Gasteiger partial charge >= 0.3 is 6.03 Å². The Labute approximate surface area is 167 Å². The number of carbonyl (C=O) groups is 1. The van der Waals surface area contributed by atoms with E-state index in [0.29, 0.717) is 17.6 Å². The Hall–Kier alpha value is -2.60. The van der Waals surface area contributed by atoms with E-state index in [1.807, 2.05) is 18.2 Å². The Morgan fingerprint density at radius 3 is 2.68 bits per heavy atom. The van der Waals surface area contributed by atoms with E-state index in [-0.39, 0.29) is 12.1 Å². The van der Waals surface area contributed by atoms with Crippen LogP contribution in [0.2, 0.25) is 0 Å². The fourth-order valence-electron chi connectivity index (χ4n) is 3.38. The van der Waals surface area contributed by atoms with Crippen molar-refractivity contribution < 1.29 is 9.53 Å². The molecule has 28 heavy (non-hydrogen) atoms. The number of nitrogens with one attached hydrogen (secondary N) is 2. The van der Waals surface area contributed by atoms with Crippen molar-refractivity contribution in [3.63, 3.8) is 0 Å². The van der Waals surface area contributed by atoms with Gasteiger partial charge in [-0.05, 0) is 56.9 Å². The van der Waals surface area contributed by atoms with Crippen molar-refractivity contribution in [2.24, 2.45) is 0 Å². The number of piperidine rings is 1. The number of aryl methyl sites for hydroxylation is 1. The first-order chi connectivity index (χ1) is 13.5. The number of urea groups is 1. The average Bonchev–Trinajstić information content (AvgIpc) is 2.70. The lowest BCUT2D eigenvalue weighted by Gasteiger charge is -2.34. The van der Waals surface area contributed by atoms with E-state index in [1.165, 1.54) is 5.56 Å². The van der Waals surface area contributed by atoms with Gasteiger partial charge in [0.1, 0.15) is 5.75 Å². The maximum Gasteiger partial charge on any atom is 0.319 e. The molecule has 2 N–H and O–H groups in total. The largest absolute Gasteiger partial charge is 0.439 e. The Bertz CT molecular complexity index is 768. The Morgan fingerprint density at radius 2 is 2.04 bits per heavy atom. The van der Waals surface area contributed by atoms with Crippen LogP contribution in [0.5, 0.6) is 11.6 Å². The molecule has 1 aromatic heterocycles. The fourth-order valence-corrected chi connectivity index (χ4v) is 3.38. The zero-order chi connectivity index (χ0) is 19.9. The van der Waals surface area contributed by atoms with Gasteiger partial charge in [-0.25, -0.2) is 9.78 Å². The zero-order valence-corrected chi connectivity index (χ0v) is 16.9. The van der Waals surface area contributed by atoms with Crippen molar-refractivity contribution in [3.05, 3.63) is 48.2 Å². The third-order valence-corrected chi connectivity index (χ3v) is 5.12. The van der Waals surface area contributed by atoms with Crippen LogP contribution in [0.15, 0.2) is 42.6 Å². The molecule has 1 aromatic carbocycles. The van der Waals surface area contributed by atoms with Crippen LogP contribution in [0.25, 0.3) is 0 Å². The van der Waals surface area contributed by atoms with Gasteiger partial charge in [0.15, 0.2) is 0 Å². The van der Waals surface area contributed by atoms with Crippen LogP contribution >= 0.6 is 0 Å². The highest BCUT2D eigenvalue weighted by atomic mass is 16.5. The second kappa shape index (κ2) is 9.55. The number of carbonyl (C=O) groups excluding carboxylic acids is 1. The lowest BCUT2D eigenvalue weighted by molar-refractivity contribution is 0.163. The molecule has 2 amide bonds. The van der Waals surface area contributed by atoms with E-state index >= 15 is 0 Å². The highest BCUT2D eigenvalue weighted by molar-refractivity contribution is 5.89. The monoisotopic (exact) mass is 382 g/mol. The Kier molecular flexibility index (Phi) is 6.87. The van der Waals surface area contributed by atoms with Crippen molar-refractivity contribution in [2.75, 3.05) is 18.4 Å². The summed E-state index contributed by atoms with van der Waals surface area (Å²) in [4.78, 5) is 19.0. The van der Waals surface area contributed by atoms with Gasteiger partial charge < -0.3 is 20.3 Å². The normalized spacial score (nSPS) is 15.4. The molecule has 2 aromatic rings. The molecule has 0 saturated carbocycles. The number of hydrogen-bond acceptors (Lipinski definition) is 4. The predicted octanol–water partition coefficient (Wildman–Crippen LogP) is 4.43. The van der Waals surface area contributed by atoms with Gasteiger partial charge in [0.2, 0.25) is 5.88 Å². The smallest absolute Gasteiger partial charge is 0.319 e. The van der Waals surface area contributed by atoms with Gasteiger partial charge in [0.25, 0.3) is 0 Å². The summed E-state index contributed by atoms with van der Waals surface area (Å²) < 4.78 is 5.79. The molecule has 150 valence electrons. The van der Waals surface area contributed by atoms with Crippen molar-refractivity contribution in [2.45, 2.75) is 52.1 Å². The molecule has 1 aliphatic rings. The molecule has 0 aliphatic carbocycles. The summed E-state index contributed by atoms with van der Waals surface area (Å²) in [7, 11) is 0. The number of anilines is 1. The number of benzene rings is 1. The first kappa shape index (κ1) is 20.1. The second-order valence-corrected chi connectivity index (χ2v) is 7.49. The van der Waals surface area contributed by atoms with E-state index in [0.717, 1.165) is 38.1 Å². The zero-order valence-electron chi connectivity index (χ0n) is 16.9. The molecular formula is C22H30N4O2. The van der Waals surface area contributed by atoms with Crippen LogP contribution in [0.3, 0.4) is 0 Å². The molecule has 2 heterocycles. The van der Waals surface area contributed by atoms with Crippen LogP contribution < -0.4 is 15.4 Å². The van der Waals surface area contributed by atoms with Crippen molar-refractivity contribution >= 4 is 11.7 Å². The molecule has 0 atom stereocenters. The predicted molar refractivity (Wildman–Crippen MR) is 112 cm³/mol. The number of aromatic nitrogens is 1. The summed E-state index contributed by atoms with van der Waals surface area (Å²) >= 11 is 0. The third-order valence-electron chi connectivity index (χ3n) is 5.12. The minimum absolute atomic E-state index is 0.186. The molecular weight excluding hydrogens is 352 g/mol. The summed E-state index contributed by atoms with van der Waals surface area (Å²) in [5.41, 5.74) is 1.86. The average molecular weight is 383 g/mol. The lowest BCUT2D eigenvalue weighted by atomic mass is 10.0. The van der Waals surface area contributed by atoms with Gasteiger partial charge in [0, 0.05) is 31.2 Å². The molecule has 1 aliphatic heterocycles.